The summed E-state index contributed by atoms with van der Waals surface area (Å²) in [5.41, 5.74) is 1.88. The van der Waals surface area contributed by atoms with Crippen molar-refractivity contribution in [2.45, 2.75) is 25.9 Å². The second-order valence-corrected chi connectivity index (χ2v) is 7.41. The summed E-state index contributed by atoms with van der Waals surface area (Å²) in [7, 11) is -2.95. The number of hydrogen-bond donors (Lipinski definition) is 1. The number of sulfone groups is 1. The first-order chi connectivity index (χ1) is 9.03. The number of rotatable bonds is 4. The zero-order chi connectivity index (χ0) is 13.9. The summed E-state index contributed by atoms with van der Waals surface area (Å²) in [6, 6.07) is 7.72. The van der Waals surface area contributed by atoms with Crippen molar-refractivity contribution in [1.82, 2.24) is 0 Å². The Kier molecular flexibility index (Phi) is 4.47. The van der Waals surface area contributed by atoms with Crippen molar-refractivity contribution < 1.29 is 13.5 Å². The smallest absolute Gasteiger partial charge is 0.151 e. The molecule has 106 valence electrons. The summed E-state index contributed by atoms with van der Waals surface area (Å²) < 4.78 is 23.3. The van der Waals surface area contributed by atoms with Gasteiger partial charge in [-0.1, -0.05) is 25.1 Å². The lowest BCUT2D eigenvalue weighted by molar-refractivity contribution is 0.168. The van der Waals surface area contributed by atoms with E-state index in [2.05, 4.69) is 4.90 Å². The van der Waals surface area contributed by atoms with E-state index in [0.29, 0.717) is 6.54 Å². The Hall–Kier alpha value is -1.07. The summed E-state index contributed by atoms with van der Waals surface area (Å²) in [6.45, 7) is 2.97. The number of anilines is 1. The molecule has 1 aliphatic heterocycles. The molecule has 0 fully saturated rings. The number of para-hydroxylation sites is 1. The van der Waals surface area contributed by atoms with Gasteiger partial charge in [-0.15, -0.1) is 0 Å². The van der Waals surface area contributed by atoms with Crippen LogP contribution in [0.25, 0.3) is 0 Å². The van der Waals surface area contributed by atoms with E-state index in [4.69, 9.17) is 0 Å². The SMILES string of the molecule is CCS(=O)(=O)CCN1CCCC(O)c2ccccc21. The van der Waals surface area contributed by atoms with Gasteiger partial charge in [0.1, 0.15) is 0 Å². The molecular weight excluding hydrogens is 262 g/mol. The van der Waals surface area contributed by atoms with E-state index in [1.807, 2.05) is 24.3 Å². The second kappa shape index (κ2) is 5.92. The summed E-state index contributed by atoms with van der Waals surface area (Å²) in [6.07, 6.45) is 1.17. The van der Waals surface area contributed by atoms with Gasteiger partial charge in [0, 0.05) is 30.1 Å². The molecule has 2 rings (SSSR count). The third-order valence-electron chi connectivity index (χ3n) is 3.65. The molecule has 19 heavy (non-hydrogen) atoms. The fraction of sp³-hybridized carbons (Fsp3) is 0.571. The van der Waals surface area contributed by atoms with Crippen molar-refractivity contribution >= 4 is 15.5 Å². The van der Waals surface area contributed by atoms with Crippen LogP contribution in [0.4, 0.5) is 5.69 Å². The van der Waals surface area contributed by atoms with Gasteiger partial charge >= 0.3 is 0 Å². The van der Waals surface area contributed by atoms with Crippen LogP contribution in [-0.2, 0) is 9.84 Å². The van der Waals surface area contributed by atoms with E-state index in [1.54, 1.807) is 6.92 Å². The fourth-order valence-corrected chi connectivity index (χ4v) is 3.22. The predicted molar refractivity (Wildman–Crippen MR) is 77.2 cm³/mol. The molecule has 0 bridgehead atoms. The van der Waals surface area contributed by atoms with E-state index in [-0.39, 0.29) is 11.5 Å². The highest BCUT2D eigenvalue weighted by Crippen LogP contribution is 2.32. The molecule has 1 N–H and O–H groups in total. The summed E-state index contributed by atoms with van der Waals surface area (Å²) in [4.78, 5) is 2.08. The molecule has 1 unspecified atom stereocenters. The number of aliphatic hydroxyl groups is 1. The van der Waals surface area contributed by atoms with Crippen molar-refractivity contribution in [3.63, 3.8) is 0 Å². The maximum absolute atomic E-state index is 11.6. The van der Waals surface area contributed by atoms with Crippen LogP contribution in [0.3, 0.4) is 0 Å². The van der Waals surface area contributed by atoms with Gasteiger partial charge in [-0.2, -0.15) is 0 Å². The van der Waals surface area contributed by atoms with Gasteiger partial charge in [0.15, 0.2) is 9.84 Å². The maximum Gasteiger partial charge on any atom is 0.151 e. The summed E-state index contributed by atoms with van der Waals surface area (Å²) >= 11 is 0. The second-order valence-electron chi connectivity index (χ2n) is 4.94. The molecule has 1 atom stereocenters. The van der Waals surface area contributed by atoms with Gasteiger partial charge < -0.3 is 10.0 Å². The molecule has 0 aromatic heterocycles. The molecule has 0 spiro atoms. The van der Waals surface area contributed by atoms with Crippen molar-refractivity contribution in [2.75, 3.05) is 29.5 Å². The van der Waals surface area contributed by atoms with Gasteiger partial charge in [0.05, 0.1) is 11.9 Å². The van der Waals surface area contributed by atoms with E-state index in [1.165, 1.54) is 0 Å². The first-order valence-corrected chi connectivity index (χ1v) is 8.58. The van der Waals surface area contributed by atoms with Crippen molar-refractivity contribution in [1.29, 1.82) is 0 Å². The van der Waals surface area contributed by atoms with Crippen LogP contribution < -0.4 is 4.90 Å². The zero-order valence-electron chi connectivity index (χ0n) is 11.2. The fourth-order valence-electron chi connectivity index (χ4n) is 2.43. The van der Waals surface area contributed by atoms with Crippen LogP contribution in [0, 0.1) is 0 Å². The van der Waals surface area contributed by atoms with E-state index >= 15 is 0 Å². The molecule has 0 aliphatic carbocycles. The van der Waals surface area contributed by atoms with Gasteiger partial charge in [0.25, 0.3) is 0 Å². The minimum Gasteiger partial charge on any atom is -0.388 e. The lowest BCUT2D eigenvalue weighted by atomic mass is 10.0. The maximum atomic E-state index is 11.6. The van der Waals surface area contributed by atoms with Crippen LogP contribution in [0.2, 0.25) is 0 Å². The molecule has 0 saturated heterocycles. The van der Waals surface area contributed by atoms with Crippen molar-refractivity contribution in [3.8, 4) is 0 Å². The van der Waals surface area contributed by atoms with E-state index in [0.717, 1.165) is 30.6 Å². The Morgan fingerprint density at radius 3 is 2.84 bits per heavy atom. The zero-order valence-corrected chi connectivity index (χ0v) is 12.1. The largest absolute Gasteiger partial charge is 0.388 e. The molecule has 5 heteroatoms. The monoisotopic (exact) mass is 283 g/mol. The Morgan fingerprint density at radius 1 is 1.37 bits per heavy atom. The molecule has 1 aromatic rings. The molecule has 1 heterocycles. The van der Waals surface area contributed by atoms with Crippen molar-refractivity contribution in [2.24, 2.45) is 0 Å². The van der Waals surface area contributed by atoms with E-state index < -0.39 is 15.9 Å². The van der Waals surface area contributed by atoms with Gasteiger partial charge in [-0.3, -0.25) is 0 Å². The van der Waals surface area contributed by atoms with Crippen LogP contribution >= 0.6 is 0 Å². The van der Waals surface area contributed by atoms with Crippen LogP contribution in [0.5, 0.6) is 0 Å². The average Bonchev–Trinajstić information content (AvgIpc) is 2.57. The molecule has 1 aromatic carbocycles. The lowest BCUT2D eigenvalue weighted by Crippen LogP contribution is -2.30. The highest BCUT2D eigenvalue weighted by atomic mass is 32.2. The number of hydrogen-bond acceptors (Lipinski definition) is 4. The quantitative estimate of drug-likeness (QED) is 0.914. The molecule has 1 aliphatic rings. The van der Waals surface area contributed by atoms with Crippen molar-refractivity contribution in [3.05, 3.63) is 29.8 Å². The lowest BCUT2D eigenvalue weighted by Gasteiger charge is -2.25. The van der Waals surface area contributed by atoms with Gasteiger partial charge in [-0.05, 0) is 18.9 Å². The Bertz CT molecular complexity index is 527. The number of fused-ring (bicyclic) bond motifs is 1. The third-order valence-corrected chi connectivity index (χ3v) is 5.34. The molecule has 4 nitrogen and oxygen atoms in total. The topological polar surface area (TPSA) is 57.6 Å². The van der Waals surface area contributed by atoms with Gasteiger partial charge in [-0.25, -0.2) is 8.42 Å². The highest BCUT2D eigenvalue weighted by Gasteiger charge is 2.21. The predicted octanol–water partition coefficient (Wildman–Crippen LogP) is 1.75. The Morgan fingerprint density at radius 2 is 2.11 bits per heavy atom. The van der Waals surface area contributed by atoms with Gasteiger partial charge in [0.2, 0.25) is 0 Å². The van der Waals surface area contributed by atoms with Crippen LogP contribution in [-0.4, -0.2) is 38.1 Å². The number of nitrogens with zero attached hydrogens (tertiary/aromatic N) is 1. The normalized spacial score (nSPS) is 19.9. The average molecular weight is 283 g/mol. The minimum absolute atomic E-state index is 0.175. The summed E-state index contributed by atoms with van der Waals surface area (Å²) in [5.74, 6) is 0.360. The first-order valence-electron chi connectivity index (χ1n) is 6.76. The number of benzene rings is 1. The molecular formula is C14H21NO3S. The summed E-state index contributed by atoms with van der Waals surface area (Å²) in [5, 5.41) is 10.1. The highest BCUT2D eigenvalue weighted by molar-refractivity contribution is 7.91. The van der Waals surface area contributed by atoms with Crippen LogP contribution in [0.15, 0.2) is 24.3 Å². The Balaban J connectivity index is 2.19. The third kappa shape index (κ3) is 3.48. The van der Waals surface area contributed by atoms with Crippen LogP contribution in [0.1, 0.15) is 31.4 Å². The first kappa shape index (κ1) is 14.3. The molecule has 0 amide bonds. The molecule has 0 radical (unpaired) electrons. The standard InChI is InChI=1S/C14H21NO3S/c1-2-19(17,18)11-10-15-9-5-8-14(16)12-6-3-4-7-13(12)15/h3-4,6-7,14,16H,2,5,8-11H2,1H3. The molecule has 0 saturated carbocycles. The minimum atomic E-state index is -2.95. The Labute approximate surface area is 115 Å². The van der Waals surface area contributed by atoms with E-state index in [9.17, 15) is 13.5 Å². The number of aliphatic hydroxyl groups excluding tert-OH is 1.